The summed E-state index contributed by atoms with van der Waals surface area (Å²) in [6.07, 6.45) is 10.1. The first-order valence-corrected chi connectivity index (χ1v) is 15.3. The number of rotatable bonds is 7. The fourth-order valence-corrected chi connectivity index (χ4v) is 7.04. The van der Waals surface area contributed by atoms with E-state index in [1.165, 1.54) is 30.6 Å². The number of pyridine rings is 1. The third kappa shape index (κ3) is 5.14. The van der Waals surface area contributed by atoms with E-state index in [0.29, 0.717) is 18.0 Å². The molecule has 0 unspecified atom stereocenters. The van der Waals surface area contributed by atoms with Gasteiger partial charge in [0, 0.05) is 44.9 Å². The Morgan fingerprint density at radius 1 is 0.929 bits per heavy atom. The second-order valence-electron chi connectivity index (χ2n) is 11.2. The van der Waals surface area contributed by atoms with Crippen molar-refractivity contribution in [2.75, 3.05) is 5.32 Å². The number of fused-ring (bicyclic) bond motifs is 2. The highest BCUT2D eigenvalue weighted by Gasteiger charge is 2.18. The maximum atomic E-state index is 12.7. The van der Waals surface area contributed by atoms with Crippen molar-refractivity contribution >= 4 is 50.5 Å². The number of anilines is 1. The van der Waals surface area contributed by atoms with Crippen LogP contribution in [-0.4, -0.2) is 31.9 Å². The van der Waals surface area contributed by atoms with Crippen molar-refractivity contribution in [1.82, 2.24) is 20.2 Å². The molecule has 7 nitrogen and oxygen atoms in total. The van der Waals surface area contributed by atoms with Crippen molar-refractivity contribution in [3.05, 3.63) is 77.9 Å². The Morgan fingerprint density at radius 3 is 2.64 bits per heavy atom. The van der Waals surface area contributed by atoms with Gasteiger partial charge in [-0.2, -0.15) is 5.10 Å². The van der Waals surface area contributed by atoms with E-state index in [2.05, 4.69) is 49.7 Å². The first-order chi connectivity index (χ1) is 20.5. The predicted molar refractivity (Wildman–Crippen MR) is 170 cm³/mol. The molecule has 1 amide bonds. The third-order valence-electron chi connectivity index (χ3n) is 8.25. The molecule has 0 radical (unpaired) electrons. The summed E-state index contributed by atoms with van der Waals surface area (Å²) in [4.78, 5) is 34.4. The monoisotopic (exact) mass is 573 g/mol. The average molecular weight is 574 g/mol. The van der Waals surface area contributed by atoms with Crippen molar-refractivity contribution in [2.45, 2.75) is 45.4 Å². The van der Waals surface area contributed by atoms with Crippen molar-refractivity contribution in [2.24, 2.45) is 5.92 Å². The Kier molecular flexibility index (Phi) is 6.91. The number of hydrogen-bond acceptors (Lipinski definition) is 5. The first kappa shape index (κ1) is 26.3. The highest BCUT2D eigenvalue weighted by Crippen LogP contribution is 2.38. The molecule has 8 heteroatoms. The number of carbonyl (C=O) groups is 2. The summed E-state index contributed by atoms with van der Waals surface area (Å²) in [5.74, 6) is 0.627. The summed E-state index contributed by atoms with van der Waals surface area (Å²) < 4.78 is 0. The second kappa shape index (κ2) is 11.0. The zero-order valence-corrected chi connectivity index (χ0v) is 24.2. The van der Waals surface area contributed by atoms with Gasteiger partial charge in [0.1, 0.15) is 5.69 Å². The Hall–Kier alpha value is -4.56. The molecule has 7 rings (SSSR count). The number of amides is 1. The van der Waals surface area contributed by atoms with Crippen LogP contribution in [-0.2, 0) is 4.79 Å². The summed E-state index contributed by atoms with van der Waals surface area (Å²) in [7, 11) is 0. The molecule has 42 heavy (non-hydrogen) atoms. The number of nitrogens with zero attached hydrogens (tertiary/aromatic N) is 2. The molecule has 1 aliphatic rings. The average Bonchev–Trinajstić information content (AvgIpc) is 3.75. The maximum Gasteiger partial charge on any atom is 0.224 e. The van der Waals surface area contributed by atoms with Crippen molar-refractivity contribution in [3.63, 3.8) is 0 Å². The molecular weight excluding hydrogens is 542 g/mol. The number of carbonyl (C=O) groups excluding carboxylic acids is 2. The molecule has 210 valence electrons. The van der Waals surface area contributed by atoms with Gasteiger partial charge in [0.15, 0.2) is 5.78 Å². The SMILES string of the molecule is CC(=O)c1ccc(-c2cccc3[nH]c(-c4n[nH]c5ccc(-c6cncc(NC(=O)CC7CCCCC7)c6)cc45)cc23)s1. The van der Waals surface area contributed by atoms with Gasteiger partial charge in [0.05, 0.1) is 28.0 Å². The number of hydrogen-bond donors (Lipinski definition) is 3. The minimum absolute atomic E-state index is 0.0617. The van der Waals surface area contributed by atoms with Crippen molar-refractivity contribution in [3.8, 4) is 33.0 Å². The standard InChI is InChI=1S/C34H31N5O2S/c1-20(40)31-12-13-32(42-31)25-8-5-9-28-26(25)17-30(37-28)34-27-16-22(10-11-29(27)38-39-34)23-15-24(19-35-18-23)36-33(41)14-21-6-3-2-4-7-21/h5,8-13,15-19,21,37H,2-4,6-7,14H2,1H3,(H,36,41)(H,38,39). The van der Waals surface area contributed by atoms with Crippen LogP contribution >= 0.6 is 11.3 Å². The summed E-state index contributed by atoms with van der Waals surface area (Å²) in [6, 6.07) is 20.4. The lowest BCUT2D eigenvalue weighted by Crippen LogP contribution is -2.18. The van der Waals surface area contributed by atoms with Gasteiger partial charge in [-0.3, -0.25) is 19.7 Å². The Balaban J connectivity index is 1.19. The van der Waals surface area contributed by atoms with Gasteiger partial charge in [-0.15, -0.1) is 11.3 Å². The molecule has 1 aliphatic carbocycles. The van der Waals surface area contributed by atoms with Crippen LogP contribution in [0.25, 0.3) is 54.8 Å². The van der Waals surface area contributed by atoms with Crippen LogP contribution < -0.4 is 5.32 Å². The Morgan fingerprint density at radius 2 is 1.81 bits per heavy atom. The van der Waals surface area contributed by atoms with Crippen molar-refractivity contribution < 1.29 is 9.59 Å². The molecule has 4 aromatic heterocycles. The van der Waals surface area contributed by atoms with Crippen molar-refractivity contribution in [1.29, 1.82) is 0 Å². The Labute approximate surface area is 247 Å². The van der Waals surface area contributed by atoms with Crippen LogP contribution in [0.2, 0.25) is 0 Å². The summed E-state index contributed by atoms with van der Waals surface area (Å²) in [5, 5.41) is 13.0. The van der Waals surface area contributed by atoms with Crippen LogP contribution in [0.4, 0.5) is 5.69 Å². The molecule has 1 saturated carbocycles. The number of benzene rings is 2. The lowest BCUT2D eigenvalue weighted by molar-refractivity contribution is -0.117. The predicted octanol–water partition coefficient (Wildman–Crippen LogP) is 8.61. The number of thiophene rings is 1. The highest BCUT2D eigenvalue weighted by molar-refractivity contribution is 7.17. The van der Waals surface area contributed by atoms with E-state index >= 15 is 0 Å². The highest BCUT2D eigenvalue weighted by atomic mass is 32.1. The summed E-state index contributed by atoms with van der Waals surface area (Å²) in [5.41, 5.74) is 7.40. The molecule has 3 N–H and O–H groups in total. The largest absolute Gasteiger partial charge is 0.353 e. The normalized spacial score (nSPS) is 14.0. The minimum Gasteiger partial charge on any atom is -0.353 e. The van der Waals surface area contributed by atoms with E-state index in [4.69, 9.17) is 0 Å². The third-order valence-corrected chi connectivity index (χ3v) is 9.47. The number of aromatic amines is 2. The smallest absolute Gasteiger partial charge is 0.224 e. The molecule has 0 spiro atoms. The fraction of sp³-hybridized carbons (Fsp3) is 0.235. The number of ketones is 1. The van der Waals surface area contributed by atoms with Gasteiger partial charge in [0.2, 0.25) is 5.91 Å². The molecular formula is C34H31N5O2S. The van der Waals surface area contributed by atoms with E-state index in [9.17, 15) is 9.59 Å². The Bertz CT molecular complexity index is 1940. The lowest BCUT2D eigenvalue weighted by atomic mass is 9.87. The van der Waals surface area contributed by atoms with E-state index in [1.54, 1.807) is 13.1 Å². The van der Waals surface area contributed by atoms with Gasteiger partial charge in [-0.25, -0.2) is 0 Å². The molecule has 2 aromatic carbocycles. The zero-order chi connectivity index (χ0) is 28.6. The fourth-order valence-electron chi connectivity index (χ4n) is 6.10. The quantitative estimate of drug-likeness (QED) is 0.166. The van der Waals surface area contributed by atoms with Crippen LogP contribution in [0, 0.1) is 5.92 Å². The van der Waals surface area contributed by atoms with Gasteiger partial charge in [-0.05, 0) is 73.7 Å². The molecule has 1 fully saturated rings. The van der Waals surface area contributed by atoms with Crippen LogP contribution in [0.1, 0.15) is 55.1 Å². The first-order valence-electron chi connectivity index (χ1n) is 14.5. The summed E-state index contributed by atoms with van der Waals surface area (Å²) in [6.45, 7) is 1.60. The van der Waals surface area contributed by atoms with Crippen LogP contribution in [0.3, 0.4) is 0 Å². The number of H-pyrrole nitrogens is 2. The number of aromatic nitrogens is 4. The van der Waals surface area contributed by atoms with Gasteiger partial charge < -0.3 is 10.3 Å². The van der Waals surface area contributed by atoms with E-state index in [0.717, 1.165) is 72.5 Å². The van der Waals surface area contributed by atoms with Crippen LogP contribution in [0.15, 0.2) is 73.1 Å². The lowest BCUT2D eigenvalue weighted by Gasteiger charge is -2.20. The molecule has 0 bridgehead atoms. The molecule has 0 atom stereocenters. The molecule has 0 aliphatic heterocycles. The number of nitrogens with one attached hydrogen (secondary N) is 3. The summed E-state index contributed by atoms with van der Waals surface area (Å²) >= 11 is 1.51. The molecule has 6 aromatic rings. The van der Waals surface area contributed by atoms with Gasteiger partial charge >= 0.3 is 0 Å². The topological polar surface area (TPSA) is 104 Å². The second-order valence-corrected chi connectivity index (χ2v) is 12.3. The number of Topliss-reactive ketones (excluding diaryl/α,β-unsaturated/α-hetero) is 1. The minimum atomic E-state index is 0.0617. The van der Waals surface area contributed by atoms with Gasteiger partial charge in [0.25, 0.3) is 0 Å². The van der Waals surface area contributed by atoms with Crippen LogP contribution in [0.5, 0.6) is 0 Å². The van der Waals surface area contributed by atoms with E-state index in [-0.39, 0.29) is 11.7 Å². The van der Waals surface area contributed by atoms with E-state index < -0.39 is 0 Å². The molecule has 4 heterocycles. The molecule has 0 saturated heterocycles. The zero-order valence-electron chi connectivity index (χ0n) is 23.4. The van der Waals surface area contributed by atoms with E-state index in [1.807, 2.05) is 42.6 Å². The van der Waals surface area contributed by atoms with Gasteiger partial charge in [-0.1, -0.05) is 37.5 Å². The maximum absolute atomic E-state index is 12.7.